The number of anilines is 1. The lowest BCUT2D eigenvalue weighted by Gasteiger charge is -2.10. The molecule has 0 aliphatic heterocycles. The van der Waals surface area contributed by atoms with Crippen LogP contribution in [-0.2, 0) is 11.3 Å². The molecule has 0 aromatic heterocycles. The predicted molar refractivity (Wildman–Crippen MR) is 121 cm³/mol. The molecule has 0 amide bonds. The van der Waals surface area contributed by atoms with Gasteiger partial charge < -0.3 is 19.5 Å². The third-order valence-electron chi connectivity index (χ3n) is 4.80. The van der Waals surface area contributed by atoms with Gasteiger partial charge in [-0.3, -0.25) is 14.9 Å². The SMILES string of the molecule is COc1ccc(C(=O)COC(=O)c2ccc(NCc3ccccc3)c([N+](=O)[O-])c2)cc1OC. The number of esters is 1. The van der Waals surface area contributed by atoms with Crippen LogP contribution in [0.4, 0.5) is 11.4 Å². The minimum absolute atomic E-state index is 0.0351. The van der Waals surface area contributed by atoms with Gasteiger partial charge in [-0.25, -0.2) is 4.79 Å². The van der Waals surface area contributed by atoms with Gasteiger partial charge in [0, 0.05) is 18.2 Å². The number of ether oxygens (including phenoxy) is 3. The molecule has 0 radical (unpaired) electrons. The lowest BCUT2D eigenvalue weighted by molar-refractivity contribution is -0.384. The van der Waals surface area contributed by atoms with E-state index in [0.717, 1.165) is 11.6 Å². The average Bonchev–Trinajstić information content (AvgIpc) is 2.85. The Morgan fingerprint density at radius 2 is 1.61 bits per heavy atom. The number of methoxy groups -OCH3 is 2. The number of nitro benzene ring substituents is 1. The van der Waals surface area contributed by atoms with Crippen LogP contribution in [0.2, 0.25) is 0 Å². The maximum Gasteiger partial charge on any atom is 0.338 e. The third-order valence-corrected chi connectivity index (χ3v) is 4.80. The van der Waals surface area contributed by atoms with E-state index in [2.05, 4.69) is 5.32 Å². The number of carbonyl (C=O) groups excluding carboxylic acids is 2. The first-order chi connectivity index (χ1) is 15.9. The number of hydrogen-bond acceptors (Lipinski definition) is 8. The summed E-state index contributed by atoms with van der Waals surface area (Å²) in [5, 5.41) is 14.5. The lowest BCUT2D eigenvalue weighted by Crippen LogP contribution is -2.15. The molecule has 3 rings (SSSR count). The molecule has 0 atom stereocenters. The van der Waals surface area contributed by atoms with E-state index in [1.807, 2.05) is 30.3 Å². The van der Waals surface area contributed by atoms with Crippen LogP contribution in [0.25, 0.3) is 0 Å². The maximum atomic E-state index is 12.4. The second-order valence-electron chi connectivity index (χ2n) is 6.90. The molecule has 0 aliphatic carbocycles. The summed E-state index contributed by atoms with van der Waals surface area (Å²) in [5.74, 6) is -0.482. The summed E-state index contributed by atoms with van der Waals surface area (Å²) in [6.07, 6.45) is 0. The number of benzene rings is 3. The van der Waals surface area contributed by atoms with Crippen LogP contribution in [0.1, 0.15) is 26.3 Å². The first-order valence-electron chi connectivity index (χ1n) is 9.91. The number of rotatable bonds is 10. The molecule has 0 aliphatic rings. The van der Waals surface area contributed by atoms with Crippen LogP contribution in [0.5, 0.6) is 11.5 Å². The molecule has 3 aromatic carbocycles. The summed E-state index contributed by atoms with van der Waals surface area (Å²) in [5.41, 5.74) is 1.18. The number of ketones is 1. The average molecular weight is 450 g/mol. The first kappa shape index (κ1) is 23.3. The molecule has 0 unspecified atom stereocenters. The quantitative estimate of drug-likeness (QED) is 0.211. The van der Waals surface area contributed by atoms with Crippen molar-refractivity contribution in [1.29, 1.82) is 0 Å². The van der Waals surface area contributed by atoms with Crippen molar-refractivity contribution < 1.29 is 28.7 Å². The van der Waals surface area contributed by atoms with Gasteiger partial charge in [0.15, 0.2) is 23.9 Å². The fraction of sp³-hybridized carbons (Fsp3) is 0.167. The zero-order valence-electron chi connectivity index (χ0n) is 18.1. The molecule has 0 spiro atoms. The van der Waals surface area contributed by atoms with Crippen molar-refractivity contribution in [3.63, 3.8) is 0 Å². The Morgan fingerprint density at radius 3 is 2.27 bits per heavy atom. The minimum atomic E-state index is -0.846. The van der Waals surface area contributed by atoms with Gasteiger partial charge in [0.25, 0.3) is 5.69 Å². The standard InChI is InChI=1S/C24H22N2O7/c1-31-22-11-9-17(13-23(22)32-2)21(27)15-33-24(28)18-8-10-19(20(12-18)26(29)30)25-14-16-6-4-3-5-7-16/h3-13,25H,14-15H2,1-2H3. The van der Waals surface area contributed by atoms with E-state index < -0.39 is 23.3 Å². The van der Waals surface area contributed by atoms with E-state index in [-0.39, 0.29) is 22.5 Å². The Labute approximate surface area is 190 Å². The molecule has 0 heterocycles. The van der Waals surface area contributed by atoms with E-state index in [9.17, 15) is 19.7 Å². The predicted octanol–water partition coefficient (Wildman–Crippen LogP) is 4.26. The van der Waals surface area contributed by atoms with Crippen LogP contribution < -0.4 is 14.8 Å². The Kier molecular flexibility index (Phi) is 7.59. The van der Waals surface area contributed by atoms with Gasteiger partial charge in [0.05, 0.1) is 24.7 Å². The molecule has 170 valence electrons. The molecule has 0 bridgehead atoms. The second-order valence-corrected chi connectivity index (χ2v) is 6.90. The van der Waals surface area contributed by atoms with Gasteiger partial charge in [-0.2, -0.15) is 0 Å². The second kappa shape index (κ2) is 10.8. The topological polar surface area (TPSA) is 117 Å². The van der Waals surface area contributed by atoms with Crippen LogP contribution in [0.15, 0.2) is 66.7 Å². The molecule has 0 saturated carbocycles. The van der Waals surface area contributed by atoms with Crippen LogP contribution in [0, 0.1) is 10.1 Å². The number of hydrogen-bond donors (Lipinski definition) is 1. The third kappa shape index (κ3) is 5.85. The number of nitro groups is 1. The molecule has 33 heavy (non-hydrogen) atoms. The Hall–Kier alpha value is -4.40. The first-order valence-corrected chi connectivity index (χ1v) is 9.91. The van der Waals surface area contributed by atoms with Crippen molar-refractivity contribution in [2.75, 3.05) is 26.1 Å². The molecule has 9 nitrogen and oxygen atoms in total. The summed E-state index contributed by atoms with van der Waals surface area (Å²) < 4.78 is 15.4. The monoisotopic (exact) mass is 450 g/mol. The van der Waals surface area contributed by atoms with Crippen molar-refractivity contribution in [3.05, 3.63) is 93.5 Å². The Balaban J connectivity index is 1.67. The van der Waals surface area contributed by atoms with Crippen molar-refractivity contribution in [2.24, 2.45) is 0 Å². The summed E-state index contributed by atoms with van der Waals surface area (Å²) in [6.45, 7) is -0.151. The highest BCUT2D eigenvalue weighted by molar-refractivity contribution is 6.00. The number of nitrogens with one attached hydrogen (secondary N) is 1. The highest BCUT2D eigenvalue weighted by atomic mass is 16.6. The fourth-order valence-corrected chi connectivity index (χ4v) is 3.06. The molecular weight excluding hydrogens is 428 g/mol. The fourth-order valence-electron chi connectivity index (χ4n) is 3.06. The summed E-state index contributed by atoms with van der Waals surface area (Å²) >= 11 is 0. The van der Waals surface area contributed by atoms with Gasteiger partial charge in [-0.05, 0) is 35.9 Å². The van der Waals surface area contributed by atoms with Crippen molar-refractivity contribution >= 4 is 23.1 Å². The Morgan fingerprint density at radius 1 is 0.909 bits per heavy atom. The van der Waals surface area contributed by atoms with E-state index in [4.69, 9.17) is 14.2 Å². The number of Topliss-reactive ketones (excluding diaryl/α,β-unsaturated/α-hetero) is 1. The van der Waals surface area contributed by atoms with Gasteiger partial charge in [-0.15, -0.1) is 0 Å². The van der Waals surface area contributed by atoms with E-state index in [1.165, 1.54) is 38.5 Å². The zero-order chi connectivity index (χ0) is 23.8. The Bertz CT molecular complexity index is 1160. The van der Waals surface area contributed by atoms with E-state index >= 15 is 0 Å². The maximum absolute atomic E-state index is 12.4. The zero-order valence-corrected chi connectivity index (χ0v) is 18.1. The van der Waals surface area contributed by atoms with Gasteiger partial charge in [0.1, 0.15) is 5.69 Å². The lowest BCUT2D eigenvalue weighted by atomic mass is 10.1. The summed E-state index contributed by atoms with van der Waals surface area (Å²) in [7, 11) is 2.92. The van der Waals surface area contributed by atoms with Crippen LogP contribution in [0.3, 0.4) is 0 Å². The van der Waals surface area contributed by atoms with Gasteiger partial charge in [0.2, 0.25) is 0 Å². The highest BCUT2D eigenvalue weighted by Crippen LogP contribution is 2.28. The van der Waals surface area contributed by atoms with E-state index in [0.29, 0.717) is 18.0 Å². The van der Waals surface area contributed by atoms with Crippen molar-refractivity contribution in [2.45, 2.75) is 6.54 Å². The smallest absolute Gasteiger partial charge is 0.338 e. The minimum Gasteiger partial charge on any atom is -0.493 e. The number of nitrogens with zero attached hydrogens (tertiary/aromatic N) is 1. The van der Waals surface area contributed by atoms with Gasteiger partial charge in [-0.1, -0.05) is 30.3 Å². The normalized spacial score (nSPS) is 10.2. The molecule has 0 fully saturated rings. The van der Waals surface area contributed by atoms with Crippen molar-refractivity contribution in [3.8, 4) is 11.5 Å². The highest BCUT2D eigenvalue weighted by Gasteiger charge is 2.20. The molecular formula is C24H22N2O7. The summed E-state index contributed by atoms with van der Waals surface area (Å²) in [4.78, 5) is 35.7. The molecule has 9 heteroatoms. The van der Waals surface area contributed by atoms with Crippen molar-refractivity contribution in [1.82, 2.24) is 0 Å². The molecule has 1 N–H and O–H groups in total. The van der Waals surface area contributed by atoms with Gasteiger partial charge >= 0.3 is 5.97 Å². The largest absolute Gasteiger partial charge is 0.493 e. The van der Waals surface area contributed by atoms with E-state index in [1.54, 1.807) is 6.07 Å². The summed E-state index contributed by atoms with van der Waals surface area (Å²) in [6, 6.07) is 17.9. The number of carbonyl (C=O) groups is 2. The van der Waals surface area contributed by atoms with Crippen LogP contribution in [-0.4, -0.2) is 37.5 Å². The van der Waals surface area contributed by atoms with Crippen LogP contribution >= 0.6 is 0 Å². The molecule has 3 aromatic rings. The molecule has 0 saturated heterocycles.